The molecular formula is C22H14ClN4NaO6S. The van der Waals surface area contributed by atoms with Crippen molar-refractivity contribution < 1.29 is 47.6 Å². The first kappa shape index (κ1) is 26.5. The number of fused-ring (bicyclic) bond motifs is 1. The van der Waals surface area contributed by atoms with Crippen molar-refractivity contribution in [2.45, 2.75) is 4.90 Å². The third kappa shape index (κ3) is 5.78. The second-order valence-corrected chi connectivity index (χ2v) is 8.81. The van der Waals surface area contributed by atoms with E-state index in [1.54, 1.807) is 18.2 Å². The van der Waals surface area contributed by atoms with Crippen LogP contribution >= 0.6 is 11.6 Å². The van der Waals surface area contributed by atoms with E-state index in [-0.39, 0.29) is 56.2 Å². The molecule has 0 aliphatic heterocycles. The summed E-state index contributed by atoms with van der Waals surface area (Å²) in [4.78, 5) is 24.6. The van der Waals surface area contributed by atoms with Crippen LogP contribution in [0.2, 0.25) is 5.02 Å². The van der Waals surface area contributed by atoms with Crippen LogP contribution in [0.4, 0.5) is 11.4 Å². The molecule has 4 aromatic rings. The van der Waals surface area contributed by atoms with Gasteiger partial charge in [0.05, 0.1) is 5.69 Å². The maximum absolute atomic E-state index is 12.5. The van der Waals surface area contributed by atoms with Gasteiger partial charge in [0.15, 0.2) is 0 Å². The SMILES string of the molecule is O=c1c(=O)/c(=N/Nc2cc(Cl)ccc2[O-])cc/c1=N/Nc1ccc(S(=O)(=O)O)c2ccccc12.[Na+]. The quantitative estimate of drug-likeness (QED) is 0.121. The minimum Gasteiger partial charge on any atom is -0.871 e. The summed E-state index contributed by atoms with van der Waals surface area (Å²) in [6, 6.07) is 15.4. The molecule has 0 amide bonds. The van der Waals surface area contributed by atoms with Crippen LogP contribution in [0.3, 0.4) is 0 Å². The smallest absolute Gasteiger partial charge is 0.871 e. The Morgan fingerprint density at radius 3 is 1.97 bits per heavy atom. The average Bonchev–Trinajstić information content (AvgIpc) is 2.80. The molecule has 0 aromatic heterocycles. The summed E-state index contributed by atoms with van der Waals surface area (Å²) in [7, 11) is -4.45. The molecule has 0 radical (unpaired) electrons. The number of rotatable bonds is 5. The topological polar surface area (TPSA) is 160 Å². The summed E-state index contributed by atoms with van der Waals surface area (Å²) >= 11 is 5.83. The number of nitrogens with one attached hydrogen (secondary N) is 2. The van der Waals surface area contributed by atoms with E-state index in [1.807, 2.05) is 0 Å². The van der Waals surface area contributed by atoms with Gasteiger partial charge in [-0.15, -0.1) is 0 Å². The molecule has 10 nitrogen and oxygen atoms in total. The second-order valence-electron chi connectivity index (χ2n) is 6.98. The predicted octanol–water partition coefficient (Wildman–Crippen LogP) is -1.73. The summed E-state index contributed by atoms with van der Waals surface area (Å²) in [6.45, 7) is 0. The molecule has 4 rings (SSSR count). The van der Waals surface area contributed by atoms with Crippen LogP contribution in [0.1, 0.15) is 0 Å². The van der Waals surface area contributed by atoms with E-state index in [2.05, 4.69) is 21.1 Å². The van der Waals surface area contributed by atoms with E-state index in [0.717, 1.165) is 0 Å². The van der Waals surface area contributed by atoms with Crippen LogP contribution in [-0.2, 0) is 10.1 Å². The Hall–Kier alpha value is -3.06. The minimum atomic E-state index is -4.45. The van der Waals surface area contributed by atoms with E-state index in [0.29, 0.717) is 16.1 Å². The van der Waals surface area contributed by atoms with E-state index >= 15 is 0 Å². The maximum atomic E-state index is 12.5. The van der Waals surface area contributed by atoms with Gasteiger partial charge in [0.2, 0.25) is 0 Å². The van der Waals surface area contributed by atoms with Crippen LogP contribution in [-0.4, -0.2) is 13.0 Å². The van der Waals surface area contributed by atoms with Crippen molar-refractivity contribution >= 4 is 43.9 Å². The minimum absolute atomic E-state index is 0. The van der Waals surface area contributed by atoms with Crippen LogP contribution < -0.4 is 67.1 Å². The van der Waals surface area contributed by atoms with Gasteiger partial charge in [-0.25, -0.2) is 0 Å². The molecule has 3 N–H and O–H groups in total. The van der Waals surface area contributed by atoms with Crippen molar-refractivity contribution in [1.29, 1.82) is 0 Å². The molecule has 13 heteroatoms. The van der Waals surface area contributed by atoms with Crippen molar-refractivity contribution in [1.82, 2.24) is 0 Å². The van der Waals surface area contributed by atoms with E-state index in [4.69, 9.17) is 11.6 Å². The Morgan fingerprint density at radius 1 is 0.800 bits per heavy atom. The first-order valence-electron chi connectivity index (χ1n) is 9.55. The summed E-state index contributed by atoms with van der Waals surface area (Å²) in [5.74, 6) is -0.397. The van der Waals surface area contributed by atoms with Crippen LogP contribution in [0.5, 0.6) is 5.75 Å². The van der Waals surface area contributed by atoms with Gasteiger partial charge in [-0.1, -0.05) is 47.7 Å². The maximum Gasteiger partial charge on any atom is 1.00 e. The summed E-state index contributed by atoms with van der Waals surface area (Å²) in [6.07, 6.45) is 0. The zero-order valence-electron chi connectivity index (χ0n) is 18.0. The molecule has 4 aromatic carbocycles. The molecular weight excluding hydrogens is 507 g/mol. The molecule has 35 heavy (non-hydrogen) atoms. The van der Waals surface area contributed by atoms with Gasteiger partial charge in [0.1, 0.15) is 15.6 Å². The van der Waals surface area contributed by atoms with Gasteiger partial charge in [-0.3, -0.25) is 25.0 Å². The van der Waals surface area contributed by atoms with Crippen LogP contribution in [0.15, 0.2) is 91.4 Å². The fraction of sp³-hybridized carbons (Fsp3) is 0. The Kier molecular flexibility index (Phi) is 8.11. The molecule has 0 heterocycles. The fourth-order valence-corrected chi connectivity index (χ4v) is 4.01. The molecule has 0 aliphatic rings. The monoisotopic (exact) mass is 520 g/mol. The van der Waals surface area contributed by atoms with Crippen molar-refractivity contribution in [2.75, 3.05) is 10.9 Å². The van der Waals surface area contributed by atoms with E-state index < -0.39 is 26.7 Å². The normalized spacial score (nSPS) is 12.4. The molecule has 0 atom stereocenters. The first-order valence-corrected chi connectivity index (χ1v) is 11.4. The van der Waals surface area contributed by atoms with Gasteiger partial charge in [-0.05, 0) is 36.4 Å². The Morgan fingerprint density at radius 2 is 1.37 bits per heavy atom. The number of anilines is 2. The van der Waals surface area contributed by atoms with E-state index in [9.17, 15) is 27.7 Å². The largest absolute Gasteiger partial charge is 1.00 e. The Bertz CT molecular complexity index is 1770. The first-order chi connectivity index (χ1) is 16.1. The summed E-state index contributed by atoms with van der Waals surface area (Å²) < 4.78 is 32.7. The number of halogens is 1. The van der Waals surface area contributed by atoms with Gasteiger partial charge in [0, 0.05) is 21.5 Å². The molecule has 0 aliphatic carbocycles. The van der Waals surface area contributed by atoms with Crippen molar-refractivity contribution in [3.8, 4) is 5.75 Å². The van der Waals surface area contributed by atoms with Crippen molar-refractivity contribution in [2.24, 2.45) is 10.2 Å². The van der Waals surface area contributed by atoms with Crippen LogP contribution in [0.25, 0.3) is 10.8 Å². The zero-order chi connectivity index (χ0) is 24.5. The Labute approximate surface area is 225 Å². The third-order valence-electron chi connectivity index (χ3n) is 4.77. The van der Waals surface area contributed by atoms with Gasteiger partial charge >= 0.3 is 29.6 Å². The number of nitrogens with zero attached hydrogens (tertiary/aromatic N) is 2. The van der Waals surface area contributed by atoms with Gasteiger partial charge in [-0.2, -0.15) is 18.6 Å². The predicted molar refractivity (Wildman–Crippen MR) is 124 cm³/mol. The molecule has 0 spiro atoms. The zero-order valence-corrected chi connectivity index (χ0v) is 21.6. The summed E-state index contributed by atoms with van der Waals surface area (Å²) in [5.41, 5.74) is 3.56. The molecule has 0 bridgehead atoms. The number of hydrogen-bond acceptors (Lipinski definition) is 9. The Balaban J connectivity index is 0.00000342. The van der Waals surface area contributed by atoms with Gasteiger partial charge < -0.3 is 5.11 Å². The number of hydrogen-bond donors (Lipinski definition) is 3. The molecule has 0 fully saturated rings. The molecule has 0 saturated heterocycles. The fourth-order valence-electron chi connectivity index (χ4n) is 3.14. The standard InChI is InChI=1S/C22H15ClN4O6S.Na/c23-12-5-9-19(28)18(11-12)27-26-17-7-6-16(21(29)22(17)30)25-24-15-8-10-20(34(31,32)33)14-4-2-1-3-13(14)15;/h1-11,24,27-28H,(H,31,32,33);/q;+1/p-1/b25-16-,26-17+;. The molecule has 172 valence electrons. The van der Waals surface area contributed by atoms with Crippen molar-refractivity contribution in [3.63, 3.8) is 0 Å². The van der Waals surface area contributed by atoms with E-state index in [1.165, 1.54) is 48.5 Å². The molecule has 0 unspecified atom stereocenters. The van der Waals surface area contributed by atoms with Gasteiger partial charge in [0.25, 0.3) is 21.0 Å². The van der Waals surface area contributed by atoms with Crippen LogP contribution in [0, 0.1) is 0 Å². The molecule has 0 saturated carbocycles. The second kappa shape index (κ2) is 10.7. The summed E-state index contributed by atoms with van der Waals surface area (Å²) in [5, 5.41) is 20.1. The average molecular weight is 521 g/mol. The van der Waals surface area contributed by atoms with Crippen molar-refractivity contribution in [3.05, 3.63) is 103 Å². The third-order valence-corrected chi connectivity index (χ3v) is 5.91. The number of benzene rings is 4.